The molecule has 0 saturated carbocycles. The molecule has 0 spiro atoms. The van der Waals surface area contributed by atoms with Gasteiger partial charge in [0.05, 0.1) is 0 Å². The standard InChI is InChI=1S/C14H20FN3O/c1-3-11-10-17(2)8-5-9-18(11)14(19)12-6-4-7-13(15)16-12/h4,6-7,11H,3,5,8-10H2,1-2H3. The first-order valence-electron chi connectivity index (χ1n) is 6.74. The fourth-order valence-corrected chi connectivity index (χ4v) is 2.53. The number of aromatic nitrogens is 1. The van der Waals surface area contributed by atoms with Gasteiger partial charge in [0, 0.05) is 19.1 Å². The zero-order chi connectivity index (χ0) is 13.8. The van der Waals surface area contributed by atoms with Crippen LogP contribution in [0.2, 0.25) is 0 Å². The van der Waals surface area contributed by atoms with Crippen molar-refractivity contribution in [2.45, 2.75) is 25.8 Å². The fraction of sp³-hybridized carbons (Fsp3) is 0.571. The highest BCUT2D eigenvalue weighted by Gasteiger charge is 2.27. The Bertz CT molecular complexity index is 452. The molecular formula is C14H20FN3O. The van der Waals surface area contributed by atoms with Crippen molar-refractivity contribution >= 4 is 5.91 Å². The van der Waals surface area contributed by atoms with E-state index in [-0.39, 0.29) is 17.6 Å². The number of halogens is 1. The molecule has 0 radical (unpaired) electrons. The van der Waals surface area contributed by atoms with Crippen LogP contribution in [-0.2, 0) is 0 Å². The van der Waals surface area contributed by atoms with Gasteiger partial charge in [-0.15, -0.1) is 0 Å². The number of carbonyl (C=O) groups is 1. The molecule has 1 aliphatic heterocycles. The molecule has 1 amide bonds. The summed E-state index contributed by atoms with van der Waals surface area (Å²) in [6.07, 6.45) is 1.83. The topological polar surface area (TPSA) is 36.4 Å². The number of likely N-dealkylation sites (N-methyl/N-ethyl adjacent to an activating group) is 1. The highest BCUT2D eigenvalue weighted by Crippen LogP contribution is 2.15. The number of amides is 1. The summed E-state index contributed by atoms with van der Waals surface area (Å²) in [4.78, 5) is 20.2. The predicted molar refractivity (Wildman–Crippen MR) is 71.4 cm³/mol. The molecule has 5 heteroatoms. The van der Waals surface area contributed by atoms with Gasteiger partial charge in [-0.25, -0.2) is 4.98 Å². The lowest BCUT2D eigenvalue weighted by atomic mass is 10.1. The monoisotopic (exact) mass is 265 g/mol. The summed E-state index contributed by atoms with van der Waals surface area (Å²) in [6, 6.07) is 4.53. The number of nitrogens with zero attached hydrogens (tertiary/aromatic N) is 3. The Morgan fingerprint density at radius 1 is 1.47 bits per heavy atom. The van der Waals surface area contributed by atoms with Crippen molar-refractivity contribution in [3.63, 3.8) is 0 Å². The van der Waals surface area contributed by atoms with E-state index in [0.29, 0.717) is 6.54 Å². The molecule has 1 unspecified atom stereocenters. The SMILES string of the molecule is CCC1CN(C)CCCN1C(=O)c1cccc(F)n1. The zero-order valence-corrected chi connectivity index (χ0v) is 11.5. The quantitative estimate of drug-likeness (QED) is 0.765. The largest absolute Gasteiger partial charge is 0.333 e. The summed E-state index contributed by atoms with van der Waals surface area (Å²) >= 11 is 0. The molecule has 2 heterocycles. The maximum Gasteiger partial charge on any atom is 0.272 e. The van der Waals surface area contributed by atoms with Crippen LogP contribution in [0.15, 0.2) is 18.2 Å². The van der Waals surface area contributed by atoms with E-state index in [4.69, 9.17) is 0 Å². The van der Waals surface area contributed by atoms with Crippen molar-refractivity contribution < 1.29 is 9.18 Å². The lowest BCUT2D eigenvalue weighted by Crippen LogP contribution is -2.43. The van der Waals surface area contributed by atoms with Gasteiger partial charge >= 0.3 is 0 Å². The number of hydrogen-bond acceptors (Lipinski definition) is 3. The Labute approximate surface area is 113 Å². The molecule has 1 aromatic rings. The fourth-order valence-electron chi connectivity index (χ4n) is 2.53. The zero-order valence-electron chi connectivity index (χ0n) is 11.5. The predicted octanol–water partition coefficient (Wildman–Crippen LogP) is 1.78. The Balaban J connectivity index is 2.20. The Morgan fingerprint density at radius 3 is 2.95 bits per heavy atom. The Morgan fingerprint density at radius 2 is 2.26 bits per heavy atom. The first-order chi connectivity index (χ1) is 9.11. The molecule has 104 valence electrons. The van der Waals surface area contributed by atoms with Crippen molar-refractivity contribution in [2.24, 2.45) is 0 Å². The molecule has 4 nitrogen and oxygen atoms in total. The lowest BCUT2D eigenvalue weighted by Gasteiger charge is -2.30. The summed E-state index contributed by atoms with van der Waals surface area (Å²) in [7, 11) is 2.07. The molecule has 1 atom stereocenters. The smallest absolute Gasteiger partial charge is 0.272 e. The third-order valence-corrected chi connectivity index (χ3v) is 3.57. The highest BCUT2D eigenvalue weighted by atomic mass is 19.1. The summed E-state index contributed by atoms with van der Waals surface area (Å²) < 4.78 is 13.1. The maximum absolute atomic E-state index is 13.1. The summed E-state index contributed by atoms with van der Waals surface area (Å²) in [5.41, 5.74) is 0.197. The van der Waals surface area contributed by atoms with Crippen LogP contribution in [0.4, 0.5) is 4.39 Å². The first-order valence-corrected chi connectivity index (χ1v) is 6.74. The highest BCUT2D eigenvalue weighted by molar-refractivity contribution is 5.92. The van der Waals surface area contributed by atoms with Crippen LogP contribution in [0.25, 0.3) is 0 Å². The van der Waals surface area contributed by atoms with Crippen LogP contribution in [0.5, 0.6) is 0 Å². The van der Waals surface area contributed by atoms with Gasteiger partial charge in [-0.05, 0) is 38.6 Å². The first kappa shape index (κ1) is 13.9. The second-order valence-corrected chi connectivity index (χ2v) is 5.02. The Hall–Kier alpha value is -1.49. The van der Waals surface area contributed by atoms with E-state index in [1.807, 2.05) is 4.90 Å². The molecule has 1 fully saturated rings. The van der Waals surface area contributed by atoms with Crippen LogP contribution in [0.3, 0.4) is 0 Å². The third kappa shape index (κ3) is 3.29. The van der Waals surface area contributed by atoms with Crippen LogP contribution in [-0.4, -0.2) is 53.4 Å². The lowest BCUT2D eigenvalue weighted by molar-refractivity contribution is 0.0668. The molecule has 0 aromatic carbocycles. The van der Waals surface area contributed by atoms with E-state index < -0.39 is 5.95 Å². The van der Waals surface area contributed by atoms with Gasteiger partial charge in [-0.1, -0.05) is 13.0 Å². The normalized spacial score (nSPS) is 21.2. The average molecular weight is 265 g/mol. The molecule has 0 N–H and O–H groups in total. The van der Waals surface area contributed by atoms with Crippen molar-refractivity contribution in [3.8, 4) is 0 Å². The van der Waals surface area contributed by atoms with Crippen molar-refractivity contribution in [1.82, 2.24) is 14.8 Å². The van der Waals surface area contributed by atoms with Crippen molar-refractivity contribution in [2.75, 3.05) is 26.7 Å². The summed E-state index contributed by atoms with van der Waals surface area (Å²) in [5, 5.41) is 0. The third-order valence-electron chi connectivity index (χ3n) is 3.57. The molecule has 0 aliphatic carbocycles. The minimum absolute atomic E-state index is 0.165. The van der Waals surface area contributed by atoms with Gasteiger partial charge in [0.2, 0.25) is 5.95 Å². The molecule has 0 bridgehead atoms. The molecule has 19 heavy (non-hydrogen) atoms. The van der Waals surface area contributed by atoms with Gasteiger partial charge in [-0.3, -0.25) is 4.79 Å². The van der Waals surface area contributed by atoms with Crippen LogP contribution in [0, 0.1) is 5.95 Å². The molecule has 1 saturated heterocycles. The number of hydrogen-bond donors (Lipinski definition) is 0. The molecule has 1 aromatic heterocycles. The Kier molecular flexibility index (Phi) is 4.47. The number of pyridine rings is 1. The van der Waals surface area contributed by atoms with E-state index in [9.17, 15) is 9.18 Å². The second-order valence-electron chi connectivity index (χ2n) is 5.02. The second kappa shape index (κ2) is 6.10. The number of rotatable bonds is 2. The van der Waals surface area contributed by atoms with Crippen molar-refractivity contribution in [1.29, 1.82) is 0 Å². The van der Waals surface area contributed by atoms with E-state index in [1.54, 1.807) is 6.07 Å². The van der Waals surface area contributed by atoms with Crippen LogP contribution in [0.1, 0.15) is 30.3 Å². The van der Waals surface area contributed by atoms with E-state index >= 15 is 0 Å². The van der Waals surface area contributed by atoms with Crippen molar-refractivity contribution in [3.05, 3.63) is 29.8 Å². The van der Waals surface area contributed by atoms with E-state index in [1.165, 1.54) is 12.1 Å². The molecule has 2 rings (SSSR count). The van der Waals surface area contributed by atoms with Gasteiger partial charge in [0.25, 0.3) is 5.91 Å². The van der Waals surface area contributed by atoms with Crippen LogP contribution < -0.4 is 0 Å². The molecule has 1 aliphatic rings. The van der Waals surface area contributed by atoms with Gasteiger partial charge in [0.1, 0.15) is 5.69 Å². The summed E-state index contributed by atoms with van der Waals surface area (Å²) in [6.45, 7) is 4.62. The minimum Gasteiger partial charge on any atom is -0.333 e. The maximum atomic E-state index is 13.1. The van der Waals surface area contributed by atoms with Gasteiger partial charge in [0.15, 0.2) is 0 Å². The van der Waals surface area contributed by atoms with Gasteiger partial charge in [-0.2, -0.15) is 4.39 Å². The molecular weight excluding hydrogens is 245 g/mol. The van der Waals surface area contributed by atoms with Crippen LogP contribution >= 0.6 is 0 Å². The summed E-state index contributed by atoms with van der Waals surface area (Å²) in [5.74, 6) is -0.771. The van der Waals surface area contributed by atoms with Gasteiger partial charge < -0.3 is 9.80 Å². The number of carbonyl (C=O) groups excluding carboxylic acids is 1. The minimum atomic E-state index is -0.606. The van der Waals surface area contributed by atoms with E-state index in [2.05, 4.69) is 23.9 Å². The average Bonchev–Trinajstić information content (AvgIpc) is 2.59. The van der Waals surface area contributed by atoms with E-state index in [0.717, 1.165) is 25.9 Å².